The number of hydrogen-bond acceptors (Lipinski definition) is 5. The minimum Gasteiger partial charge on any atom is -0.383 e. The van der Waals surface area contributed by atoms with Crippen molar-refractivity contribution in [2.75, 3.05) is 33.4 Å². The maximum Gasteiger partial charge on any atom is 0.240 e. The van der Waals surface area contributed by atoms with Crippen LogP contribution in [0.2, 0.25) is 0 Å². The topological polar surface area (TPSA) is 72.3 Å². The van der Waals surface area contributed by atoms with Gasteiger partial charge in [-0.25, -0.2) is 0 Å². The fourth-order valence-corrected chi connectivity index (χ4v) is 2.87. The monoisotopic (exact) mass is 295 g/mol. The van der Waals surface area contributed by atoms with Crippen molar-refractivity contribution in [3.63, 3.8) is 0 Å². The molecule has 2 atom stereocenters. The van der Waals surface area contributed by atoms with Crippen LogP contribution in [0.25, 0.3) is 0 Å². The first-order valence-electron chi connectivity index (χ1n) is 7.43. The summed E-state index contributed by atoms with van der Waals surface area (Å²) in [5, 5.41) is 10.6. The molecule has 1 aliphatic rings. The van der Waals surface area contributed by atoms with Gasteiger partial charge in [-0.05, 0) is 11.8 Å². The fourth-order valence-electron chi connectivity index (χ4n) is 2.87. The normalized spacial score (nSPS) is 22.9. The molecule has 0 spiro atoms. The van der Waals surface area contributed by atoms with E-state index in [9.17, 15) is 4.79 Å². The molecule has 7 nitrogen and oxygen atoms in total. The highest BCUT2D eigenvalue weighted by molar-refractivity contribution is 5.76. The van der Waals surface area contributed by atoms with Crippen LogP contribution in [0.3, 0.4) is 0 Å². The number of nitrogens with one attached hydrogen (secondary N) is 1. The maximum atomic E-state index is 12.1. The van der Waals surface area contributed by atoms with E-state index in [0.717, 1.165) is 26.2 Å². The van der Waals surface area contributed by atoms with Crippen molar-refractivity contribution in [2.45, 2.75) is 26.4 Å². The Morgan fingerprint density at radius 1 is 1.38 bits per heavy atom. The predicted molar refractivity (Wildman–Crippen MR) is 78.6 cm³/mol. The van der Waals surface area contributed by atoms with E-state index in [2.05, 4.69) is 34.3 Å². The Morgan fingerprint density at radius 3 is 2.71 bits per heavy atom. The Kier molecular flexibility index (Phi) is 5.69. The molecule has 21 heavy (non-hydrogen) atoms. The van der Waals surface area contributed by atoms with E-state index < -0.39 is 0 Å². The number of carbonyl (C=O) groups excluding carboxylic acids is 1. The van der Waals surface area contributed by atoms with Gasteiger partial charge in [-0.2, -0.15) is 0 Å². The molecule has 1 aromatic heterocycles. The van der Waals surface area contributed by atoms with E-state index in [1.807, 2.05) is 0 Å². The molecule has 0 bridgehead atoms. The second kappa shape index (κ2) is 7.51. The average Bonchev–Trinajstić information content (AvgIpc) is 3.06. The molecule has 0 radical (unpaired) electrons. The molecule has 118 valence electrons. The molecule has 2 heterocycles. The smallest absolute Gasteiger partial charge is 0.240 e. The molecule has 2 rings (SSSR count). The van der Waals surface area contributed by atoms with Gasteiger partial charge < -0.3 is 14.6 Å². The van der Waals surface area contributed by atoms with Gasteiger partial charge in [-0.1, -0.05) is 13.8 Å². The van der Waals surface area contributed by atoms with E-state index in [4.69, 9.17) is 4.74 Å². The van der Waals surface area contributed by atoms with Gasteiger partial charge in [0.2, 0.25) is 5.91 Å². The molecule has 1 N–H and O–H groups in total. The second-order valence-corrected chi connectivity index (χ2v) is 5.97. The van der Waals surface area contributed by atoms with Crippen molar-refractivity contribution in [1.29, 1.82) is 0 Å². The number of aromatic nitrogens is 3. The van der Waals surface area contributed by atoms with Crippen LogP contribution in [-0.2, 0) is 16.1 Å². The van der Waals surface area contributed by atoms with Crippen molar-refractivity contribution in [3.8, 4) is 0 Å². The third-order valence-electron chi connectivity index (χ3n) is 4.05. The molecule has 0 saturated carbocycles. The van der Waals surface area contributed by atoms with Crippen molar-refractivity contribution in [3.05, 3.63) is 12.7 Å². The highest BCUT2D eigenvalue weighted by Crippen LogP contribution is 2.24. The van der Waals surface area contributed by atoms with E-state index in [-0.39, 0.29) is 18.5 Å². The van der Waals surface area contributed by atoms with Gasteiger partial charge in [0.25, 0.3) is 0 Å². The summed E-state index contributed by atoms with van der Waals surface area (Å²) in [5.41, 5.74) is 0. The van der Waals surface area contributed by atoms with Crippen LogP contribution in [0.15, 0.2) is 12.7 Å². The molecule has 1 aliphatic heterocycles. The molecular formula is C14H25N5O2. The Labute approximate surface area is 125 Å². The van der Waals surface area contributed by atoms with Crippen molar-refractivity contribution < 1.29 is 9.53 Å². The van der Waals surface area contributed by atoms with Crippen molar-refractivity contribution >= 4 is 5.91 Å². The number of rotatable bonds is 7. The van der Waals surface area contributed by atoms with Crippen LogP contribution in [0.4, 0.5) is 0 Å². The Morgan fingerprint density at radius 2 is 2.10 bits per heavy atom. The first kappa shape index (κ1) is 15.9. The summed E-state index contributed by atoms with van der Waals surface area (Å²) < 4.78 is 6.82. The largest absolute Gasteiger partial charge is 0.383 e. The summed E-state index contributed by atoms with van der Waals surface area (Å²) in [5.74, 6) is 1.03. The highest BCUT2D eigenvalue weighted by Gasteiger charge is 2.35. The number of nitrogens with zero attached hydrogens (tertiary/aromatic N) is 4. The summed E-state index contributed by atoms with van der Waals surface area (Å²) in [7, 11) is 1.72. The van der Waals surface area contributed by atoms with Gasteiger partial charge in [-0.3, -0.25) is 9.69 Å². The van der Waals surface area contributed by atoms with Crippen molar-refractivity contribution in [1.82, 2.24) is 25.0 Å². The lowest BCUT2D eigenvalue weighted by Gasteiger charge is -2.23. The number of likely N-dealkylation sites (tertiary alicyclic amines) is 1. The molecule has 1 saturated heterocycles. The van der Waals surface area contributed by atoms with Crippen LogP contribution < -0.4 is 5.32 Å². The molecular weight excluding hydrogens is 270 g/mol. The standard InChI is InChI=1S/C14H25N5O2/c1-11(2)12-6-18(4-5-21-3)7-13(12)17-14(20)8-19-9-15-16-10-19/h9-13H,4-8H2,1-3H3,(H,17,20)/t12-,13+/m0/s1. The van der Waals surface area contributed by atoms with E-state index in [1.165, 1.54) is 0 Å². The number of amides is 1. The first-order valence-corrected chi connectivity index (χ1v) is 7.43. The number of ether oxygens (including phenoxy) is 1. The van der Waals surface area contributed by atoms with Gasteiger partial charge >= 0.3 is 0 Å². The Bertz CT molecular complexity index is 435. The van der Waals surface area contributed by atoms with Gasteiger partial charge in [0, 0.05) is 32.8 Å². The second-order valence-electron chi connectivity index (χ2n) is 5.97. The van der Waals surface area contributed by atoms with E-state index in [0.29, 0.717) is 11.8 Å². The minimum absolute atomic E-state index is 0.0130. The quantitative estimate of drug-likeness (QED) is 0.766. The van der Waals surface area contributed by atoms with Crippen LogP contribution >= 0.6 is 0 Å². The van der Waals surface area contributed by atoms with E-state index >= 15 is 0 Å². The molecule has 1 fully saturated rings. The molecule has 1 aromatic rings. The fraction of sp³-hybridized carbons (Fsp3) is 0.786. The summed E-state index contributed by atoms with van der Waals surface area (Å²) in [6.07, 6.45) is 3.11. The number of carbonyl (C=O) groups is 1. The Balaban J connectivity index is 1.88. The van der Waals surface area contributed by atoms with Gasteiger partial charge in [0.15, 0.2) is 0 Å². The third kappa shape index (κ3) is 4.50. The lowest BCUT2D eigenvalue weighted by atomic mass is 9.91. The summed E-state index contributed by atoms with van der Waals surface area (Å²) in [6.45, 7) is 8.24. The summed E-state index contributed by atoms with van der Waals surface area (Å²) >= 11 is 0. The lowest BCUT2D eigenvalue weighted by Crippen LogP contribution is -2.43. The van der Waals surface area contributed by atoms with Crippen LogP contribution in [0, 0.1) is 11.8 Å². The molecule has 0 aromatic carbocycles. The zero-order valence-corrected chi connectivity index (χ0v) is 13.0. The molecule has 0 aliphatic carbocycles. The van der Waals surface area contributed by atoms with Gasteiger partial charge in [0.1, 0.15) is 19.2 Å². The third-order valence-corrected chi connectivity index (χ3v) is 4.05. The lowest BCUT2D eigenvalue weighted by molar-refractivity contribution is -0.122. The highest BCUT2D eigenvalue weighted by atomic mass is 16.5. The number of hydrogen-bond donors (Lipinski definition) is 1. The zero-order chi connectivity index (χ0) is 15.2. The number of methoxy groups -OCH3 is 1. The average molecular weight is 295 g/mol. The predicted octanol–water partition coefficient (Wildman–Crippen LogP) is -0.00290. The van der Waals surface area contributed by atoms with Crippen LogP contribution in [0.1, 0.15) is 13.8 Å². The molecule has 0 unspecified atom stereocenters. The van der Waals surface area contributed by atoms with Crippen LogP contribution in [0.5, 0.6) is 0 Å². The van der Waals surface area contributed by atoms with Crippen molar-refractivity contribution in [2.24, 2.45) is 11.8 Å². The first-order chi connectivity index (χ1) is 10.1. The Hall–Kier alpha value is -1.47. The minimum atomic E-state index is 0.0130. The van der Waals surface area contributed by atoms with Gasteiger partial charge in [0.05, 0.1) is 6.61 Å². The van der Waals surface area contributed by atoms with Crippen LogP contribution in [-0.4, -0.2) is 65.0 Å². The van der Waals surface area contributed by atoms with Gasteiger partial charge in [-0.15, -0.1) is 10.2 Å². The SMILES string of the molecule is COCCN1C[C@@H](NC(=O)Cn2cnnc2)[C@H](C(C)C)C1. The maximum absolute atomic E-state index is 12.1. The zero-order valence-electron chi connectivity index (χ0n) is 13.0. The molecule has 7 heteroatoms. The molecule has 1 amide bonds. The summed E-state index contributed by atoms with van der Waals surface area (Å²) in [6, 6.07) is 0.200. The summed E-state index contributed by atoms with van der Waals surface area (Å²) in [4.78, 5) is 14.5. The van der Waals surface area contributed by atoms with E-state index in [1.54, 1.807) is 24.3 Å².